The molecule has 0 aliphatic carbocycles. The van der Waals surface area contributed by atoms with Crippen molar-refractivity contribution in [2.75, 3.05) is 6.61 Å². The predicted molar refractivity (Wildman–Crippen MR) is 87.4 cm³/mol. The topological polar surface area (TPSA) is 40.5 Å². The molecule has 2 N–H and O–H groups in total. The van der Waals surface area contributed by atoms with Crippen molar-refractivity contribution in [3.05, 3.63) is 0 Å². The molecule has 0 radical (unpaired) electrons. The van der Waals surface area contributed by atoms with E-state index >= 15 is 0 Å². The molecule has 0 aromatic heterocycles. The zero-order valence-corrected chi connectivity index (χ0v) is 19.4. The van der Waals surface area contributed by atoms with Gasteiger partial charge in [0, 0.05) is 6.42 Å². The van der Waals surface area contributed by atoms with E-state index in [4.69, 9.17) is 10.2 Å². The third-order valence-corrected chi connectivity index (χ3v) is 5.55. The quantitative estimate of drug-likeness (QED) is 0.162. The molecule has 0 rings (SSSR count). The van der Waals surface area contributed by atoms with Crippen molar-refractivity contribution in [1.82, 2.24) is 0 Å². The minimum absolute atomic E-state index is 1.27. The first-order valence-electron chi connectivity index (χ1n) is 10.1. The Balaban J connectivity index is 7.05. The second-order valence-electron chi connectivity index (χ2n) is 8.53. The average molecular weight is 704 g/mol. The maximum atomic E-state index is 13.8. The van der Waals surface area contributed by atoms with Crippen LogP contribution in [0, 0.1) is 0 Å². The molecule has 0 amide bonds. The van der Waals surface area contributed by atoms with Gasteiger partial charge in [-0.2, -0.15) is 96.6 Å². The van der Waals surface area contributed by atoms with Gasteiger partial charge in [-0.05, 0) is 12.8 Å². The summed E-state index contributed by atoms with van der Waals surface area (Å²) in [5.74, 6) is -96.4. The fourth-order valence-corrected chi connectivity index (χ4v) is 2.76. The maximum Gasteiger partial charge on any atom is 0.385 e. The van der Waals surface area contributed by atoms with Gasteiger partial charge in [0.25, 0.3) is 0 Å². The summed E-state index contributed by atoms with van der Waals surface area (Å²) in [6.07, 6.45) is -14.3. The fraction of sp³-hybridized carbons (Fsp3) is 1.00. The van der Waals surface area contributed by atoms with Gasteiger partial charge in [-0.3, -0.25) is 0 Å². The number of aliphatic hydroxyl groups excluding tert-OH is 2. The molecule has 0 bridgehead atoms. The number of alkyl halides is 24. The largest absolute Gasteiger partial charge is 0.394 e. The highest BCUT2D eigenvalue weighted by molar-refractivity contribution is 5.19. The number of aliphatic hydroxyl groups is 2. The van der Waals surface area contributed by atoms with Crippen LogP contribution in [-0.2, 0) is 0 Å². The Morgan fingerprint density at radius 3 is 0.930 bits per heavy atom. The lowest BCUT2D eigenvalue weighted by atomic mass is 9.84. The minimum Gasteiger partial charge on any atom is -0.394 e. The second-order valence-corrected chi connectivity index (χ2v) is 8.53. The van der Waals surface area contributed by atoms with Crippen LogP contribution in [0.3, 0.4) is 0 Å². The van der Waals surface area contributed by atoms with Gasteiger partial charge in [0.1, 0.15) is 0 Å². The van der Waals surface area contributed by atoms with Crippen LogP contribution in [0.15, 0.2) is 0 Å². The lowest BCUT2D eigenvalue weighted by Gasteiger charge is -2.45. The van der Waals surface area contributed by atoms with Crippen molar-refractivity contribution < 1.29 is 116 Å². The van der Waals surface area contributed by atoms with Gasteiger partial charge < -0.3 is 10.2 Å². The minimum atomic E-state index is -9.49. The van der Waals surface area contributed by atoms with E-state index in [9.17, 15) is 105 Å². The van der Waals surface area contributed by atoms with Crippen LogP contribution in [0.25, 0.3) is 0 Å². The molecule has 1 atom stereocenters. The summed E-state index contributed by atoms with van der Waals surface area (Å²) in [7, 11) is 0. The lowest BCUT2D eigenvalue weighted by Crippen LogP contribution is -2.78. The molecule has 0 aromatic rings. The van der Waals surface area contributed by atoms with Gasteiger partial charge in [0.05, 0.1) is 12.7 Å². The molecular weight excluding hydrogens is 692 g/mol. The fourth-order valence-electron chi connectivity index (χ4n) is 2.76. The van der Waals surface area contributed by atoms with E-state index in [0.29, 0.717) is 0 Å². The molecule has 2 nitrogen and oxygen atoms in total. The third kappa shape index (κ3) is 5.52. The average Bonchev–Trinajstić information content (AvgIpc) is 2.82. The van der Waals surface area contributed by atoms with E-state index in [0.717, 1.165) is 0 Å². The summed E-state index contributed by atoms with van der Waals surface area (Å²) in [5.41, 5.74) is 0. The Morgan fingerprint density at radius 1 is 0.419 bits per heavy atom. The van der Waals surface area contributed by atoms with Crippen molar-refractivity contribution in [3.8, 4) is 0 Å². The summed E-state index contributed by atoms with van der Waals surface area (Å²) in [5, 5.41) is 17.2. The van der Waals surface area contributed by atoms with E-state index in [-0.39, 0.29) is 0 Å². The highest BCUT2D eigenvalue weighted by Gasteiger charge is 2.98. The van der Waals surface area contributed by atoms with Crippen LogP contribution in [0.1, 0.15) is 19.3 Å². The SMILES string of the molecule is OCC(O)CCCC(F)(F)C(F)(F)C(F)(F)C(F)(F)C(F)(F)C(F)(F)C(F)(F)C(F)(F)C(F)(F)C(F)(F)C(F)(F)C(F)F. The molecular formula is C17H12F24O2. The summed E-state index contributed by atoms with van der Waals surface area (Å²) >= 11 is 0. The van der Waals surface area contributed by atoms with E-state index in [2.05, 4.69) is 0 Å². The van der Waals surface area contributed by atoms with Crippen LogP contribution < -0.4 is 0 Å². The van der Waals surface area contributed by atoms with Crippen LogP contribution in [-0.4, -0.2) is 94.5 Å². The van der Waals surface area contributed by atoms with Crippen LogP contribution in [0.2, 0.25) is 0 Å². The Kier molecular flexibility index (Phi) is 10.8. The van der Waals surface area contributed by atoms with E-state index in [1.54, 1.807) is 0 Å². The smallest absolute Gasteiger partial charge is 0.385 e. The summed E-state index contributed by atoms with van der Waals surface area (Å²) in [4.78, 5) is 0. The highest BCUT2D eigenvalue weighted by Crippen LogP contribution is 2.67. The number of rotatable bonds is 16. The molecule has 26 heteroatoms. The summed E-state index contributed by atoms with van der Waals surface area (Å²) < 4.78 is 321. The molecule has 1 unspecified atom stereocenters. The first kappa shape index (κ1) is 41.2. The molecule has 0 spiro atoms. The van der Waals surface area contributed by atoms with E-state index < -0.39 is 104 Å². The number of hydrogen-bond donors (Lipinski definition) is 2. The van der Waals surface area contributed by atoms with E-state index in [1.807, 2.05) is 0 Å². The van der Waals surface area contributed by atoms with Gasteiger partial charge in [-0.25, -0.2) is 8.78 Å². The molecule has 0 saturated carbocycles. The Labute approximate surface area is 220 Å². The number of hydrogen-bond acceptors (Lipinski definition) is 2. The lowest BCUT2D eigenvalue weighted by molar-refractivity contribution is -0.476. The van der Waals surface area contributed by atoms with Gasteiger partial charge in [-0.15, -0.1) is 0 Å². The zero-order valence-electron chi connectivity index (χ0n) is 19.4. The Hall–Kier alpha value is -1.76. The zero-order chi connectivity index (χ0) is 35.5. The van der Waals surface area contributed by atoms with Crippen LogP contribution in [0.4, 0.5) is 105 Å². The Bertz CT molecular complexity index is 955. The molecule has 0 saturated heterocycles. The van der Waals surface area contributed by atoms with Crippen LogP contribution in [0.5, 0.6) is 0 Å². The van der Waals surface area contributed by atoms with Crippen LogP contribution >= 0.6 is 0 Å². The first-order valence-corrected chi connectivity index (χ1v) is 10.1. The molecule has 43 heavy (non-hydrogen) atoms. The monoisotopic (exact) mass is 704 g/mol. The predicted octanol–water partition coefficient (Wildman–Crippen LogP) is 7.76. The van der Waals surface area contributed by atoms with Crippen molar-refractivity contribution in [2.24, 2.45) is 0 Å². The van der Waals surface area contributed by atoms with Crippen molar-refractivity contribution in [3.63, 3.8) is 0 Å². The molecule has 0 aromatic carbocycles. The molecule has 0 aliphatic heterocycles. The Morgan fingerprint density at radius 2 is 0.674 bits per heavy atom. The van der Waals surface area contributed by atoms with Crippen molar-refractivity contribution in [2.45, 2.75) is 96.9 Å². The molecule has 260 valence electrons. The molecule has 0 aliphatic rings. The summed E-state index contributed by atoms with van der Waals surface area (Å²) in [6.45, 7) is -1.35. The van der Waals surface area contributed by atoms with Crippen molar-refractivity contribution in [1.29, 1.82) is 0 Å². The van der Waals surface area contributed by atoms with Gasteiger partial charge >= 0.3 is 71.6 Å². The molecule has 0 fully saturated rings. The third-order valence-electron chi connectivity index (χ3n) is 5.55. The normalized spacial score (nSPS) is 17.1. The van der Waals surface area contributed by atoms with Gasteiger partial charge in [0.2, 0.25) is 0 Å². The van der Waals surface area contributed by atoms with Gasteiger partial charge in [-0.1, -0.05) is 0 Å². The highest BCUT2D eigenvalue weighted by atomic mass is 19.4. The molecule has 0 heterocycles. The second kappa shape index (κ2) is 11.2. The summed E-state index contributed by atoms with van der Waals surface area (Å²) in [6, 6.07) is 0. The number of halogens is 24. The standard InChI is InChI=1S/C17H12F24O2/c18-6(19)8(22,23)10(26,27)12(30,31)14(34,35)16(38,39)17(40,41)15(36,37)13(32,33)11(28,29)9(24,25)7(20,21)3-1-2-5(43)4-42/h5-6,42-43H,1-4H2. The van der Waals surface area contributed by atoms with Gasteiger partial charge in [0.15, 0.2) is 0 Å². The maximum absolute atomic E-state index is 13.8. The van der Waals surface area contributed by atoms with E-state index in [1.165, 1.54) is 0 Å². The first-order chi connectivity index (χ1) is 18.4. The van der Waals surface area contributed by atoms with Crippen molar-refractivity contribution >= 4 is 0 Å².